The van der Waals surface area contributed by atoms with Crippen molar-refractivity contribution in [3.8, 4) is 0 Å². The van der Waals surface area contributed by atoms with E-state index in [1.165, 1.54) is 25.1 Å². The highest BCUT2D eigenvalue weighted by molar-refractivity contribution is 6.14. The van der Waals surface area contributed by atoms with E-state index in [-0.39, 0.29) is 11.1 Å². The van der Waals surface area contributed by atoms with Crippen molar-refractivity contribution >= 4 is 29.3 Å². The van der Waals surface area contributed by atoms with Gasteiger partial charge in [0.05, 0.1) is 17.8 Å². The number of benzene rings is 3. The third kappa shape index (κ3) is 6.15. The van der Waals surface area contributed by atoms with Gasteiger partial charge >= 0.3 is 5.97 Å². The number of carbonyl (C=O) groups is 4. The minimum Gasteiger partial charge on any atom is -0.449 e. The van der Waals surface area contributed by atoms with Gasteiger partial charge in [0, 0.05) is 11.1 Å². The van der Waals surface area contributed by atoms with E-state index in [4.69, 9.17) is 4.74 Å². The zero-order chi connectivity index (χ0) is 26.4. The third-order valence-electron chi connectivity index (χ3n) is 5.09. The minimum absolute atomic E-state index is 0.0470. The van der Waals surface area contributed by atoms with Crippen LogP contribution in [0.4, 0.5) is 18.9 Å². The Hall–Kier alpha value is -4.47. The Morgan fingerprint density at radius 3 is 2.17 bits per heavy atom. The fraction of sp³-hybridized carbons (Fsp3) is 0.154. The molecule has 0 aromatic heterocycles. The summed E-state index contributed by atoms with van der Waals surface area (Å²) in [5.74, 6) is -7.87. The van der Waals surface area contributed by atoms with Gasteiger partial charge in [0.25, 0.3) is 5.91 Å². The summed E-state index contributed by atoms with van der Waals surface area (Å²) < 4.78 is 45.1. The molecule has 0 fully saturated rings. The summed E-state index contributed by atoms with van der Waals surface area (Å²) in [6.07, 6.45) is -1.35. The number of anilines is 1. The predicted molar refractivity (Wildman–Crippen MR) is 124 cm³/mol. The number of halogens is 3. The van der Waals surface area contributed by atoms with Crippen LogP contribution in [-0.2, 0) is 14.3 Å². The maximum absolute atomic E-state index is 13.7. The van der Waals surface area contributed by atoms with Crippen LogP contribution < -0.4 is 10.6 Å². The number of hydrogen-bond acceptors (Lipinski definition) is 5. The average Bonchev–Trinajstić information content (AvgIpc) is 2.87. The molecule has 0 saturated carbocycles. The second-order valence-electron chi connectivity index (χ2n) is 7.78. The number of amides is 2. The molecule has 0 spiro atoms. The standard InChI is InChI=1S/C26H21F3N2O5/c1-14-7-9-16(10-8-14)24(33)17-5-3-4-6-18(17)26(35)36-15(2)25(34)30-13-21(32)31-20-12-11-19(27)22(28)23(20)29/h3-12,15H,13H2,1-2H3,(H,30,34)(H,31,32). The molecular weight excluding hydrogens is 477 g/mol. The van der Waals surface area contributed by atoms with Crippen molar-refractivity contribution in [2.75, 3.05) is 11.9 Å². The molecule has 3 aromatic rings. The van der Waals surface area contributed by atoms with E-state index >= 15 is 0 Å². The van der Waals surface area contributed by atoms with Gasteiger partial charge in [-0.05, 0) is 32.0 Å². The van der Waals surface area contributed by atoms with Gasteiger partial charge in [0.15, 0.2) is 29.3 Å². The molecule has 0 aliphatic carbocycles. The summed E-state index contributed by atoms with van der Waals surface area (Å²) in [7, 11) is 0. The van der Waals surface area contributed by atoms with E-state index in [0.717, 1.165) is 11.6 Å². The molecular formula is C26H21F3N2O5. The van der Waals surface area contributed by atoms with Gasteiger partial charge in [-0.15, -0.1) is 0 Å². The number of carbonyl (C=O) groups excluding carboxylic acids is 4. The third-order valence-corrected chi connectivity index (χ3v) is 5.09. The zero-order valence-corrected chi connectivity index (χ0v) is 19.2. The Bertz CT molecular complexity index is 1330. The van der Waals surface area contributed by atoms with Crippen LogP contribution >= 0.6 is 0 Å². The Labute approximate surface area is 204 Å². The van der Waals surface area contributed by atoms with Gasteiger partial charge in [-0.2, -0.15) is 0 Å². The van der Waals surface area contributed by atoms with Crippen LogP contribution in [0, 0.1) is 24.4 Å². The van der Waals surface area contributed by atoms with Crippen LogP contribution in [0.3, 0.4) is 0 Å². The van der Waals surface area contributed by atoms with Crippen LogP contribution in [0.15, 0.2) is 60.7 Å². The van der Waals surface area contributed by atoms with E-state index in [2.05, 4.69) is 5.32 Å². The first kappa shape index (κ1) is 26.1. The molecule has 0 heterocycles. The molecule has 3 rings (SSSR count). The highest BCUT2D eigenvalue weighted by Gasteiger charge is 2.24. The molecule has 0 saturated heterocycles. The molecule has 36 heavy (non-hydrogen) atoms. The highest BCUT2D eigenvalue weighted by Crippen LogP contribution is 2.20. The lowest BCUT2D eigenvalue weighted by molar-refractivity contribution is -0.130. The van der Waals surface area contributed by atoms with Gasteiger partial charge in [-0.3, -0.25) is 14.4 Å². The van der Waals surface area contributed by atoms with Gasteiger partial charge in [0.1, 0.15) is 0 Å². The molecule has 2 amide bonds. The number of ether oxygens (including phenoxy) is 1. The van der Waals surface area contributed by atoms with Crippen molar-refractivity contribution in [3.05, 3.63) is 100 Å². The molecule has 0 bridgehead atoms. The lowest BCUT2D eigenvalue weighted by Crippen LogP contribution is -2.40. The molecule has 186 valence electrons. The quantitative estimate of drug-likeness (QED) is 0.278. The van der Waals surface area contributed by atoms with Crippen LogP contribution in [0.25, 0.3) is 0 Å². The topological polar surface area (TPSA) is 102 Å². The molecule has 0 radical (unpaired) electrons. The molecule has 1 atom stereocenters. The normalized spacial score (nSPS) is 11.4. The van der Waals surface area contributed by atoms with Crippen molar-refractivity contribution < 1.29 is 37.1 Å². The summed E-state index contributed by atoms with van der Waals surface area (Å²) in [4.78, 5) is 49.8. The first-order chi connectivity index (χ1) is 17.1. The van der Waals surface area contributed by atoms with Gasteiger partial charge < -0.3 is 15.4 Å². The Morgan fingerprint density at radius 2 is 1.50 bits per heavy atom. The van der Waals surface area contributed by atoms with Crippen molar-refractivity contribution in [1.82, 2.24) is 5.32 Å². The number of nitrogens with one attached hydrogen (secondary N) is 2. The smallest absolute Gasteiger partial charge is 0.339 e. The molecule has 7 nitrogen and oxygen atoms in total. The average molecular weight is 498 g/mol. The van der Waals surface area contributed by atoms with Crippen LogP contribution in [0.5, 0.6) is 0 Å². The first-order valence-corrected chi connectivity index (χ1v) is 10.7. The van der Waals surface area contributed by atoms with E-state index in [0.29, 0.717) is 11.6 Å². The van der Waals surface area contributed by atoms with Crippen molar-refractivity contribution in [3.63, 3.8) is 0 Å². The SMILES string of the molecule is Cc1ccc(C(=O)c2ccccc2C(=O)OC(C)C(=O)NCC(=O)Nc2ccc(F)c(F)c2F)cc1. The minimum atomic E-state index is -1.75. The van der Waals surface area contributed by atoms with E-state index in [1.54, 1.807) is 30.3 Å². The lowest BCUT2D eigenvalue weighted by atomic mass is 9.98. The first-order valence-electron chi connectivity index (χ1n) is 10.7. The highest BCUT2D eigenvalue weighted by atomic mass is 19.2. The van der Waals surface area contributed by atoms with Crippen LogP contribution in [-0.4, -0.2) is 36.2 Å². The molecule has 0 aliphatic heterocycles. The fourth-order valence-corrected chi connectivity index (χ4v) is 3.13. The zero-order valence-electron chi connectivity index (χ0n) is 19.2. The lowest BCUT2D eigenvalue weighted by Gasteiger charge is -2.15. The van der Waals surface area contributed by atoms with Crippen LogP contribution in [0.2, 0.25) is 0 Å². The molecule has 3 aromatic carbocycles. The molecule has 10 heteroatoms. The Kier molecular flexibility index (Phi) is 8.21. The maximum Gasteiger partial charge on any atom is 0.339 e. The van der Waals surface area contributed by atoms with E-state index in [1.807, 2.05) is 12.2 Å². The van der Waals surface area contributed by atoms with E-state index < -0.39 is 59.4 Å². The summed E-state index contributed by atoms with van der Waals surface area (Å²) in [6.45, 7) is 2.46. The Morgan fingerprint density at radius 1 is 0.861 bits per heavy atom. The van der Waals surface area contributed by atoms with Gasteiger partial charge in [0.2, 0.25) is 5.91 Å². The Balaban J connectivity index is 1.60. The molecule has 2 N–H and O–H groups in total. The second-order valence-corrected chi connectivity index (χ2v) is 7.78. The summed E-state index contributed by atoms with van der Waals surface area (Å²) in [6, 6.07) is 14.2. The number of ketones is 1. The van der Waals surface area contributed by atoms with Crippen molar-refractivity contribution in [2.24, 2.45) is 0 Å². The van der Waals surface area contributed by atoms with Crippen LogP contribution in [0.1, 0.15) is 38.8 Å². The number of rotatable bonds is 8. The van der Waals surface area contributed by atoms with Gasteiger partial charge in [-0.25, -0.2) is 18.0 Å². The largest absolute Gasteiger partial charge is 0.449 e. The van der Waals surface area contributed by atoms with Crippen molar-refractivity contribution in [2.45, 2.75) is 20.0 Å². The molecule has 0 aliphatic rings. The molecule has 1 unspecified atom stereocenters. The van der Waals surface area contributed by atoms with Crippen molar-refractivity contribution in [1.29, 1.82) is 0 Å². The van der Waals surface area contributed by atoms with E-state index in [9.17, 15) is 32.3 Å². The fourth-order valence-electron chi connectivity index (χ4n) is 3.13. The number of hydrogen-bond donors (Lipinski definition) is 2. The summed E-state index contributed by atoms with van der Waals surface area (Å²) in [5, 5.41) is 4.19. The monoisotopic (exact) mass is 498 g/mol. The second kappa shape index (κ2) is 11.3. The summed E-state index contributed by atoms with van der Waals surface area (Å²) in [5.41, 5.74) is 0.765. The number of aryl methyl sites for hydroxylation is 1. The van der Waals surface area contributed by atoms with Gasteiger partial charge in [-0.1, -0.05) is 48.0 Å². The predicted octanol–water partition coefficient (Wildman–Crippen LogP) is 3.94. The maximum atomic E-state index is 13.7. The summed E-state index contributed by atoms with van der Waals surface area (Å²) >= 11 is 0. The number of esters is 1.